The molecule has 0 spiro atoms. The normalized spacial score (nSPS) is 11.1. The lowest BCUT2D eigenvalue weighted by Gasteiger charge is -2.23. The summed E-state index contributed by atoms with van der Waals surface area (Å²) in [6.07, 6.45) is 1.56. The van der Waals surface area contributed by atoms with Gasteiger partial charge in [-0.1, -0.05) is 11.6 Å². The van der Waals surface area contributed by atoms with Gasteiger partial charge in [0.1, 0.15) is 5.82 Å². The number of halogens is 2. The van der Waals surface area contributed by atoms with E-state index in [4.69, 9.17) is 23.8 Å². The van der Waals surface area contributed by atoms with E-state index in [9.17, 15) is 0 Å². The summed E-state index contributed by atoms with van der Waals surface area (Å²) in [5, 5.41) is 7.24. The van der Waals surface area contributed by atoms with E-state index in [0.717, 1.165) is 4.47 Å². The Balaban J connectivity index is 2.70. The van der Waals surface area contributed by atoms with E-state index in [1.165, 1.54) is 0 Å². The highest BCUT2D eigenvalue weighted by Gasteiger charge is 2.12. The largest absolute Gasteiger partial charge is 0.358 e. The second-order valence-electron chi connectivity index (χ2n) is 4.31. The molecule has 1 rings (SSSR count). The molecule has 0 aromatic carbocycles. The Bertz CT molecular complexity index is 404. The van der Waals surface area contributed by atoms with Crippen LogP contribution in [-0.2, 0) is 0 Å². The van der Waals surface area contributed by atoms with E-state index < -0.39 is 0 Å². The molecule has 1 aromatic heterocycles. The molecule has 0 aliphatic carbocycles. The molecule has 0 fully saturated rings. The molecule has 16 heavy (non-hydrogen) atoms. The Labute approximate surface area is 114 Å². The van der Waals surface area contributed by atoms with Gasteiger partial charge in [0.2, 0.25) is 0 Å². The molecule has 0 aliphatic rings. The summed E-state index contributed by atoms with van der Waals surface area (Å²) >= 11 is 14.3. The summed E-state index contributed by atoms with van der Waals surface area (Å²) in [6, 6.07) is 1.76. The Morgan fingerprint density at radius 3 is 2.62 bits per heavy atom. The third kappa shape index (κ3) is 4.63. The Morgan fingerprint density at radius 2 is 2.12 bits per heavy atom. The molecule has 88 valence electrons. The van der Waals surface area contributed by atoms with Gasteiger partial charge in [-0.25, -0.2) is 4.98 Å². The first-order chi connectivity index (χ1) is 7.28. The smallest absolute Gasteiger partial charge is 0.172 e. The van der Waals surface area contributed by atoms with Crippen molar-refractivity contribution >= 4 is 50.7 Å². The van der Waals surface area contributed by atoms with Crippen LogP contribution in [0, 0.1) is 0 Å². The lowest BCUT2D eigenvalue weighted by Crippen LogP contribution is -2.43. The minimum Gasteiger partial charge on any atom is -0.358 e. The predicted octanol–water partition coefficient (Wildman–Crippen LogP) is 3.58. The van der Waals surface area contributed by atoms with Crippen LogP contribution in [0.5, 0.6) is 0 Å². The second-order valence-corrected chi connectivity index (χ2v) is 6.01. The zero-order valence-corrected chi connectivity index (χ0v) is 12.4. The molecule has 2 N–H and O–H groups in total. The number of hydrogen-bond acceptors (Lipinski definition) is 2. The Hall–Kier alpha value is -0.390. The zero-order chi connectivity index (χ0) is 12.3. The maximum absolute atomic E-state index is 5.79. The van der Waals surface area contributed by atoms with E-state index in [1.54, 1.807) is 12.3 Å². The van der Waals surface area contributed by atoms with Crippen LogP contribution < -0.4 is 10.6 Å². The van der Waals surface area contributed by atoms with Crippen molar-refractivity contribution in [2.75, 3.05) is 5.32 Å². The summed E-state index contributed by atoms with van der Waals surface area (Å²) < 4.78 is 0.776. The van der Waals surface area contributed by atoms with E-state index >= 15 is 0 Å². The van der Waals surface area contributed by atoms with E-state index in [0.29, 0.717) is 16.0 Å². The van der Waals surface area contributed by atoms with Gasteiger partial charge in [-0.05, 0) is 55.0 Å². The van der Waals surface area contributed by atoms with Crippen LogP contribution in [0.4, 0.5) is 5.82 Å². The maximum atomic E-state index is 5.79. The number of aromatic nitrogens is 1. The standard InChI is InChI=1S/C10H13BrClN3S/c1-10(2,3)15-9(16)14-8-7(11)4-6(12)5-13-8/h4-5H,1-3H3,(H2,13,14,15,16). The highest BCUT2D eigenvalue weighted by atomic mass is 79.9. The van der Waals surface area contributed by atoms with Crippen molar-refractivity contribution in [3.8, 4) is 0 Å². The molecule has 0 saturated heterocycles. The molecule has 0 amide bonds. The van der Waals surface area contributed by atoms with Gasteiger partial charge in [0.15, 0.2) is 5.11 Å². The molecule has 0 radical (unpaired) electrons. The quantitative estimate of drug-likeness (QED) is 0.775. The van der Waals surface area contributed by atoms with E-state index in [2.05, 4.69) is 31.5 Å². The molecule has 1 aromatic rings. The van der Waals surface area contributed by atoms with Gasteiger partial charge >= 0.3 is 0 Å². The first-order valence-electron chi connectivity index (χ1n) is 4.68. The van der Waals surface area contributed by atoms with Gasteiger partial charge < -0.3 is 10.6 Å². The summed E-state index contributed by atoms with van der Waals surface area (Å²) in [4.78, 5) is 4.13. The van der Waals surface area contributed by atoms with Crippen molar-refractivity contribution in [1.29, 1.82) is 0 Å². The number of nitrogens with one attached hydrogen (secondary N) is 2. The Kier molecular flexibility index (Phi) is 4.52. The summed E-state index contributed by atoms with van der Waals surface area (Å²) in [5.41, 5.74) is -0.0804. The van der Waals surface area contributed by atoms with Gasteiger partial charge in [0, 0.05) is 11.7 Å². The fourth-order valence-corrected chi connectivity index (χ4v) is 2.13. The average Bonchev–Trinajstić information content (AvgIpc) is 2.06. The van der Waals surface area contributed by atoms with Crippen LogP contribution in [0.2, 0.25) is 5.02 Å². The number of rotatable bonds is 1. The van der Waals surface area contributed by atoms with Crippen molar-refractivity contribution in [2.45, 2.75) is 26.3 Å². The Morgan fingerprint density at radius 1 is 1.50 bits per heavy atom. The first kappa shape index (κ1) is 13.7. The molecule has 1 heterocycles. The average molecular weight is 323 g/mol. The van der Waals surface area contributed by atoms with E-state index in [-0.39, 0.29) is 5.54 Å². The third-order valence-corrected chi connectivity index (χ3v) is 2.54. The molecule has 0 aliphatic heterocycles. The minimum absolute atomic E-state index is 0.0804. The number of nitrogens with zero attached hydrogens (tertiary/aromatic N) is 1. The van der Waals surface area contributed by atoms with Crippen LogP contribution in [0.25, 0.3) is 0 Å². The fourth-order valence-electron chi connectivity index (χ4n) is 0.986. The molecule has 0 unspecified atom stereocenters. The molecule has 6 heteroatoms. The first-order valence-corrected chi connectivity index (χ1v) is 6.26. The zero-order valence-electron chi connectivity index (χ0n) is 9.27. The van der Waals surface area contributed by atoms with Gasteiger partial charge in [-0.15, -0.1) is 0 Å². The van der Waals surface area contributed by atoms with Crippen LogP contribution in [0.15, 0.2) is 16.7 Å². The highest BCUT2D eigenvalue weighted by molar-refractivity contribution is 9.10. The number of pyridine rings is 1. The van der Waals surface area contributed by atoms with Crippen molar-refractivity contribution in [1.82, 2.24) is 10.3 Å². The predicted molar refractivity (Wildman–Crippen MR) is 76.1 cm³/mol. The van der Waals surface area contributed by atoms with Gasteiger partial charge in [0.05, 0.1) is 9.50 Å². The van der Waals surface area contributed by atoms with Gasteiger partial charge in [-0.2, -0.15) is 0 Å². The second kappa shape index (κ2) is 5.29. The molecule has 0 atom stereocenters. The third-order valence-electron chi connectivity index (χ3n) is 1.53. The van der Waals surface area contributed by atoms with Crippen molar-refractivity contribution in [2.24, 2.45) is 0 Å². The van der Waals surface area contributed by atoms with Crippen LogP contribution in [0.1, 0.15) is 20.8 Å². The van der Waals surface area contributed by atoms with Crippen molar-refractivity contribution < 1.29 is 0 Å². The van der Waals surface area contributed by atoms with Gasteiger partial charge in [0.25, 0.3) is 0 Å². The van der Waals surface area contributed by atoms with Crippen LogP contribution >= 0.6 is 39.7 Å². The van der Waals surface area contributed by atoms with Crippen molar-refractivity contribution in [3.63, 3.8) is 0 Å². The lowest BCUT2D eigenvalue weighted by atomic mass is 10.1. The maximum Gasteiger partial charge on any atom is 0.172 e. The van der Waals surface area contributed by atoms with Crippen LogP contribution in [-0.4, -0.2) is 15.6 Å². The molecule has 0 bridgehead atoms. The van der Waals surface area contributed by atoms with Crippen molar-refractivity contribution in [3.05, 3.63) is 21.8 Å². The molecule has 0 saturated carbocycles. The topological polar surface area (TPSA) is 37.0 Å². The lowest BCUT2D eigenvalue weighted by molar-refractivity contribution is 0.515. The number of hydrogen-bond donors (Lipinski definition) is 2. The monoisotopic (exact) mass is 321 g/mol. The SMILES string of the molecule is CC(C)(C)NC(=S)Nc1ncc(Cl)cc1Br. The number of anilines is 1. The minimum atomic E-state index is -0.0804. The fraction of sp³-hybridized carbons (Fsp3) is 0.400. The van der Waals surface area contributed by atoms with Gasteiger partial charge in [-0.3, -0.25) is 0 Å². The van der Waals surface area contributed by atoms with E-state index in [1.807, 2.05) is 20.8 Å². The highest BCUT2D eigenvalue weighted by Crippen LogP contribution is 2.23. The summed E-state index contributed by atoms with van der Waals surface area (Å²) in [5.74, 6) is 0.645. The summed E-state index contributed by atoms with van der Waals surface area (Å²) in [7, 11) is 0. The summed E-state index contributed by atoms with van der Waals surface area (Å²) in [6.45, 7) is 6.10. The number of thiocarbonyl (C=S) groups is 1. The molecular formula is C10H13BrClN3S. The molecular weight excluding hydrogens is 310 g/mol. The molecule has 3 nitrogen and oxygen atoms in total. The van der Waals surface area contributed by atoms with Crippen LogP contribution in [0.3, 0.4) is 0 Å².